The van der Waals surface area contributed by atoms with Crippen LogP contribution in [0.25, 0.3) is 10.9 Å². The Morgan fingerprint density at radius 1 is 1.23 bits per heavy atom. The van der Waals surface area contributed by atoms with Gasteiger partial charge in [-0.25, -0.2) is 4.79 Å². The van der Waals surface area contributed by atoms with Crippen LogP contribution in [0.4, 0.5) is 4.79 Å². The molecule has 0 aliphatic carbocycles. The van der Waals surface area contributed by atoms with E-state index >= 15 is 0 Å². The third-order valence-corrected chi connectivity index (χ3v) is 4.29. The molecular formula is C20H28N2O4. The normalized spacial score (nSPS) is 12.7. The zero-order valence-electron chi connectivity index (χ0n) is 16.4. The zero-order chi connectivity index (χ0) is 19.5. The van der Waals surface area contributed by atoms with E-state index in [1.165, 1.54) is 7.11 Å². The van der Waals surface area contributed by atoms with Gasteiger partial charge in [0.2, 0.25) is 0 Å². The summed E-state index contributed by atoms with van der Waals surface area (Å²) in [4.78, 5) is 25.9. The monoisotopic (exact) mass is 360 g/mol. The van der Waals surface area contributed by atoms with E-state index in [1.807, 2.05) is 62.8 Å². The molecule has 0 aliphatic rings. The Bertz CT molecular complexity index is 789. The van der Waals surface area contributed by atoms with Gasteiger partial charge in [-0.1, -0.05) is 18.2 Å². The smallest absolute Gasteiger partial charge is 0.410 e. The lowest BCUT2D eigenvalue weighted by Gasteiger charge is -2.30. The molecule has 0 saturated carbocycles. The minimum absolute atomic E-state index is 0.220. The van der Waals surface area contributed by atoms with Crippen LogP contribution in [0.15, 0.2) is 30.5 Å². The number of benzene rings is 1. The number of carbonyl (C=O) groups excluding carboxylic acids is 2. The molecule has 0 radical (unpaired) electrons. The number of amides is 1. The van der Waals surface area contributed by atoms with Crippen molar-refractivity contribution in [2.45, 2.75) is 45.3 Å². The summed E-state index contributed by atoms with van der Waals surface area (Å²) in [5, 5.41) is 1.06. The average molecular weight is 360 g/mol. The first-order valence-electron chi connectivity index (χ1n) is 8.70. The van der Waals surface area contributed by atoms with Gasteiger partial charge in [-0.2, -0.15) is 0 Å². The number of esters is 1. The molecule has 0 saturated heterocycles. The second-order valence-electron chi connectivity index (χ2n) is 7.43. The zero-order valence-corrected chi connectivity index (χ0v) is 16.4. The number of hydrogen-bond acceptors (Lipinski definition) is 4. The summed E-state index contributed by atoms with van der Waals surface area (Å²) in [6.07, 6.45) is 2.27. The van der Waals surface area contributed by atoms with E-state index < -0.39 is 11.7 Å². The summed E-state index contributed by atoms with van der Waals surface area (Å²) in [6.45, 7) is 5.50. The molecule has 0 N–H and O–H groups in total. The largest absolute Gasteiger partial charge is 0.469 e. The van der Waals surface area contributed by atoms with Gasteiger partial charge in [0.05, 0.1) is 13.2 Å². The first-order chi connectivity index (χ1) is 12.1. The van der Waals surface area contributed by atoms with E-state index in [1.54, 1.807) is 11.9 Å². The SMILES string of the molecule is COC(=O)CC[C@H](c1cn(C)c2ccccc12)N(C)C(=O)OC(C)(C)C. The summed E-state index contributed by atoms with van der Waals surface area (Å²) in [7, 11) is 5.04. The topological polar surface area (TPSA) is 60.8 Å². The highest BCUT2D eigenvalue weighted by Gasteiger charge is 2.29. The van der Waals surface area contributed by atoms with Gasteiger partial charge in [0.1, 0.15) is 5.60 Å². The van der Waals surface area contributed by atoms with Crippen LogP contribution in [0, 0.1) is 0 Å². The molecule has 0 bridgehead atoms. The molecule has 1 aromatic heterocycles. The lowest BCUT2D eigenvalue weighted by molar-refractivity contribution is -0.141. The third kappa shape index (κ3) is 4.56. The van der Waals surface area contributed by atoms with Crippen LogP contribution in [0.3, 0.4) is 0 Å². The molecular weight excluding hydrogens is 332 g/mol. The van der Waals surface area contributed by atoms with Crippen molar-refractivity contribution in [1.82, 2.24) is 9.47 Å². The highest BCUT2D eigenvalue weighted by molar-refractivity contribution is 5.85. The Hall–Kier alpha value is -2.50. The summed E-state index contributed by atoms with van der Waals surface area (Å²) in [5.41, 5.74) is 1.47. The molecule has 6 heteroatoms. The number of methoxy groups -OCH3 is 1. The van der Waals surface area contributed by atoms with Crippen LogP contribution in [-0.2, 0) is 21.3 Å². The maximum Gasteiger partial charge on any atom is 0.410 e. The number of hydrogen-bond donors (Lipinski definition) is 0. The number of carbonyl (C=O) groups is 2. The number of para-hydroxylation sites is 1. The van der Waals surface area contributed by atoms with Crippen LogP contribution in [-0.4, -0.2) is 41.3 Å². The van der Waals surface area contributed by atoms with Gasteiger partial charge in [0.25, 0.3) is 0 Å². The predicted molar refractivity (Wildman–Crippen MR) is 101 cm³/mol. The van der Waals surface area contributed by atoms with E-state index in [0.717, 1.165) is 16.5 Å². The molecule has 1 atom stereocenters. The summed E-state index contributed by atoms with van der Waals surface area (Å²) in [6, 6.07) is 7.71. The molecule has 142 valence electrons. The van der Waals surface area contributed by atoms with E-state index in [0.29, 0.717) is 6.42 Å². The Labute approximate surface area is 154 Å². The third-order valence-electron chi connectivity index (χ3n) is 4.29. The Morgan fingerprint density at radius 2 is 1.88 bits per heavy atom. The van der Waals surface area contributed by atoms with Crippen molar-refractivity contribution in [3.63, 3.8) is 0 Å². The van der Waals surface area contributed by atoms with E-state index in [4.69, 9.17) is 9.47 Å². The Balaban J connectivity index is 2.39. The van der Waals surface area contributed by atoms with Crippen LogP contribution in [0.2, 0.25) is 0 Å². The van der Waals surface area contributed by atoms with Crippen molar-refractivity contribution in [2.24, 2.45) is 7.05 Å². The second-order valence-corrected chi connectivity index (χ2v) is 7.43. The number of aryl methyl sites for hydroxylation is 1. The predicted octanol–water partition coefficient (Wildman–Crippen LogP) is 4.04. The van der Waals surface area contributed by atoms with Crippen molar-refractivity contribution in [1.29, 1.82) is 0 Å². The number of rotatable bonds is 5. The molecule has 0 fully saturated rings. The lowest BCUT2D eigenvalue weighted by atomic mass is 10.00. The molecule has 2 rings (SSSR count). The standard InChI is InChI=1S/C20H28N2O4/c1-20(2,3)26-19(24)22(5)17(11-12-18(23)25-6)15-13-21(4)16-10-8-7-9-14(15)16/h7-10,13,17H,11-12H2,1-6H3/t17-/m1/s1. The second kappa shape index (κ2) is 7.81. The highest BCUT2D eigenvalue weighted by Crippen LogP contribution is 2.33. The van der Waals surface area contributed by atoms with E-state index in [9.17, 15) is 9.59 Å². The van der Waals surface area contributed by atoms with E-state index in [2.05, 4.69) is 0 Å². The van der Waals surface area contributed by atoms with Gasteiger partial charge in [-0.05, 0) is 33.3 Å². The summed E-state index contributed by atoms with van der Waals surface area (Å²) in [5.74, 6) is -0.298. The maximum atomic E-state index is 12.6. The molecule has 1 amide bonds. The first kappa shape index (κ1) is 19.8. The molecule has 1 aromatic carbocycles. The lowest BCUT2D eigenvalue weighted by Crippen LogP contribution is -2.37. The van der Waals surface area contributed by atoms with Gasteiger partial charge in [0.15, 0.2) is 0 Å². The van der Waals surface area contributed by atoms with E-state index in [-0.39, 0.29) is 18.4 Å². The fourth-order valence-electron chi connectivity index (χ4n) is 3.01. The minimum atomic E-state index is -0.586. The first-order valence-corrected chi connectivity index (χ1v) is 8.70. The average Bonchev–Trinajstić information content (AvgIpc) is 2.90. The van der Waals surface area contributed by atoms with Crippen molar-refractivity contribution < 1.29 is 19.1 Å². The van der Waals surface area contributed by atoms with Crippen LogP contribution in [0.5, 0.6) is 0 Å². The molecule has 0 spiro atoms. The Morgan fingerprint density at radius 3 is 2.50 bits per heavy atom. The number of nitrogens with zero attached hydrogens (tertiary/aromatic N) is 2. The van der Waals surface area contributed by atoms with Crippen molar-refractivity contribution in [3.8, 4) is 0 Å². The fourth-order valence-corrected chi connectivity index (χ4v) is 3.01. The van der Waals surface area contributed by atoms with Gasteiger partial charge < -0.3 is 18.9 Å². The quantitative estimate of drug-likeness (QED) is 0.755. The van der Waals surface area contributed by atoms with Crippen molar-refractivity contribution in [2.75, 3.05) is 14.2 Å². The number of aromatic nitrogens is 1. The minimum Gasteiger partial charge on any atom is -0.469 e. The van der Waals surface area contributed by atoms with Gasteiger partial charge in [-0.3, -0.25) is 4.79 Å². The highest BCUT2D eigenvalue weighted by atomic mass is 16.6. The molecule has 26 heavy (non-hydrogen) atoms. The van der Waals surface area contributed by atoms with Crippen molar-refractivity contribution >= 4 is 23.0 Å². The number of ether oxygens (including phenoxy) is 2. The van der Waals surface area contributed by atoms with Gasteiger partial charge in [0, 0.05) is 43.2 Å². The van der Waals surface area contributed by atoms with Gasteiger partial charge >= 0.3 is 12.1 Å². The molecule has 6 nitrogen and oxygen atoms in total. The Kier molecular flexibility index (Phi) is 5.95. The summed E-state index contributed by atoms with van der Waals surface area (Å²) >= 11 is 0. The fraction of sp³-hybridized carbons (Fsp3) is 0.500. The van der Waals surface area contributed by atoms with Crippen LogP contribution < -0.4 is 0 Å². The molecule has 0 aliphatic heterocycles. The molecule has 2 aromatic rings. The van der Waals surface area contributed by atoms with Gasteiger partial charge in [-0.15, -0.1) is 0 Å². The molecule has 0 unspecified atom stereocenters. The van der Waals surface area contributed by atoms with Crippen LogP contribution >= 0.6 is 0 Å². The molecule has 1 heterocycles. The number of fused-ring (bicyclic) bond motifs is 1. The van der Waals surface area contributed by atoms with Crippen molar-refractivity contribution in [3.05, 3.63) is 36.0 Å². The van der Waals surface area contributed by atoms with Crippen LogP contribution in [0.1, 0.15) is 45.2 Å². The summed E-state index contributed by atoms with van der Waals surface area (Å²) < 4.78 is 12.3. The maximum absolute atomic E-state index is 12.6.